The van der Waals surface area contributed by atoms with E-state index in [0.29, 0.717) is 11.5 Å². The van der Waals surface area contributed by atoms with Gasteiger partial charge in [0.15, 0.2) is 5.82 Å². The Morgan fingerprint density at radius 1 is 1.36 bits per heavy atom. The Morgan fingerprint density at radius 2 is 2.21 bits per heavy atom. The lowest BCUT2D eigenvalue weighted by Gasteiger charge is -2.02. The van der Waals surface area contributed by atoms with Gasteiger partial charge in [-0.1, -0.05) is 6.92 Å². The van der Waals surface area contributed by atoms with E-state index in [0.717, 1.165) is 5.82 Å². The fourth-order valence-corrected chi connectivity index (χ4v) is 1.15. The molecule has 0 aliphatic heterocycles. The largest absolute Gasteiger partial charge is 0.397 e. The summed E-state index contributed by atoms with van der Waals surface area (Å²) >= 11 is 0. The van der Waals surface area contributed by atoms with Crippen molar-refractivity contribution in [2.45, 2.75) is 6.92 Å². The summed E-state index contributed by atoms with van der Waals surface area (Å²) in [5, 5.41) is 4.06. The van der Waals surface area contributed by atoms with Gasteiger partial charge in [-0.25, -0.2) is 9.97 Å². The molecular formula is C9H10N5. The number of pyridine rings is 1. The van der Waals surface area contributed by atoms with Crippen molar-refractivity contribution in [3.05, 3.63) is 36.9 Å². The molecule has 0 bridgehead atoms. The fraction of sp³-hybridized carbons (Fsp3) is 0.111. The van der Waals surface area contributed by atoms with Gasteiger partial charge in [0.05, 0.1) is 11.9 Å². The van der Waals surface area contributed by atoms with Crippen LogP contribution < -0.4 is 5.73 Å². The van der Waals surface area contributed by atoms with Crippen LogP contribution in [0.5, 0.6) is 0 Å². The lowest BCUT2D eigenvalue weighted by molar-refractivity contribution is 0.817. The van der Waals surface area contributed by atoms with E-state index < -0.39 is 0 Å². The summed E-state index contributed by atoms with van der Waals surface area (Å²) in [6.07, 6.45) is 4.95. The van der Waals surface area contributed by atoms with E-state index in [-0.39, 0.29) is 0 Å². The number of hydrogen-bond donors (Lipinski definition) is 1. The molecule has 0 saturated carbocycles. The first-order valence-corrected chi connectivity index (χ1v) is 4.22. The van der Waals surface area contributed by atoms with E-state index in [1.807, 2.05) is 13.3 Å². The molecule has 0 saturated heterocycles. The van der Waals surface area contributed by atoms with E-state index in [1.165, 1.54) is 6.33 Å². The van der Waals surface area contributed by atoms with Gasteiger partial charge < -0.3 is 5.73 Å². The molecule has 5 nitrogen and oxygen atoms in total. The highest BCUT2D eigenvalue weighted by molar-refractivity contribution is 5.38. The van der Waals surface area contributed by atoms with Gasteiger partial charge in [0.25, 0.3) is 0 Å². The zero-order valence-corrected chi connectivity index (χ0v) is 7.75. The molecule has 0 aliphatic carbocycles. The summed E-state index contributed by atoms with van der Waals surface area (Å²) < 4.78 is 1.65. The Kier molecular flexibility index (Phi) is 2.14. The second-order valence-electron chi connectivity index (χ2n) is 2.77. The van der Waals surface area contributed by atoms with Crippen LogP contribution in [0.2, 0.25) is 0 Å². The van der Waals surface area contributed by atoms with E-state index in [1.54, 1.807) is 23.0 Å². The van der Waals surface area contributed by atoms with Crippen molar-refractivity contribution >= 4 is 5.69 Å². The molecule has 0 atom stereocenters. The standard InChI is InChI=1S/C9H10N5/c1-2-8-12-6-13-14(8)9-4-3-7(10)5-11-9/h2-6H,10H2,1H3. The van der Waals surface area contributed by atoms with Crippen LogP contribution in [0.25, 0.3) is 5.82 Å². The van der Waals surface area contributed by atoms with Crippen molar-refractivity contribution in [1.29, 1.82) is 0 Å². The maximum absolute atomic E-state index is 5.54. The molecule has 2 heterocycles. The number of nitrogens with zero attached hydrogens (tertiary/aromatic N) is 4. The van der Waals surface area contributed by atoms with Crippen molar-refractivity contribution in [2.75, 3.05) is 5.73 Å². The highest BCUT2D eigenvalue weighted by atomic mass is 15.4. The summed E-state index contributed by atoms with van der Waals surface area (Å²) in [6, 6.07) is 3.58. The molecule has 71 valence electrons. The van der Waals surface area contributed by atoms with Gasteiger partial charge in [0.1, 0.15) is 12.2 Å². The minimum Gasteiger partial charge on any atom is -0.397 e. The SMILES string of the molecule is C[CH]c1ncnn1-c1ccc(N)cn1. The van der Waals surface area contributed by atoms with E-state index in [4.69, 9.17) is 5.73 Å². The lowest BCUT2D eigenvalue weighted by atomic mass is 10.4. The summed E-state index contributed by atoms with van der Waals surface area (Å²) in [5.41, 5.74) is 6.17. The highest BCUT2D eigenvalue weighted by Gasteiger charge is 2.04. The number of anilines is 1. The molecule has 0 spiro atoms. The number of nitrogen functional groups attached to an aromatic ring is 1. The minimum atomic E-state index is 0.635. The van der Waals surface area contributed by atoms with Gasteiger partial charge in [-0.15, -0.1) is 0 Å². The minimum absolute atomic E-state index is 0.635. The summed E-state index contributed by atoms with van der Waals surface area (Å²) in [6.45, 7) is 1.90. The predicted molar refractivity (Wildman–Crippen MR) is 52.6 cm³/mol. The Morgan fingerprint density at radius 3 is 2.86 bits per heavy atom. The van der Waals surface area contributed by atoms with Gasteiger partial charge in [0.2, 0.25) is 0 Å². The maximum Gasteiger partial charge on any atom is 0.155 e. The van der Waals surface area contributed by atoms with E-state index in [9.17, 15) is 0 Å². The molecule has 14 heavy (non-hydrogen) atoms. The number of hydrogen-bond acceptors (Lipinski definition) is 4. The second-order valence-corrected chi connectivity index (χ2v) is 2.77. The summed E-state index contributed by atoms with van der Waals surface area (Å²) in [5.74, 6) is 1.48. The van der Waals surface area contributed by atoms with Crippen molar-refractivity contribution < 1.29 is 0 Å². The summed E-state index contributed by atoms with van der Waals surface area (Å²) in [4.78, 5) is 8.20. The van der Waals surface area contributed by atoms with Crippen LogP contribution >= 0.6 is 0 Å². The molecule has 0 fully saturated rings. The fourth-order valence-electron chi connectivity index (χ4n) is 1.15. The molecule has 0 aliphatic rings. The Hall–Kier alpha value is -1.91. The molecule has 0 amide bonds. The third-order valence-corrected chi connectivity index (χ3v) is 1.82. The normalized spacial score (nSPS) is 10.4. The third-order valence-electron chi connectivity index (χ3n) is 1.82. The molecule has 2 aromatic rings. The number of aromatic nitrogens is 4. The van der Waals surface area contributed by atoms with Crippen LogP contribution in [0, 0.1) is 6.42 Å². The zero-order valence-electron chi connectivity index (χ0n) is 7.75. The molecule has 0 aromatic carbocycles. The third kappa shape index (κ3) is 1.44. The van der Waals surface area contributed by atoms with E-state index in [2.05, 4.69) is 15.1 Å². The number of rotatable bonds is 2. The van der Waals surface area contributed by atoms with Crippen LogP contribution in [-0.2, 0) is 0 Å². The van der Waals surface area contributed by atoms with Crippen LogP contribution in [0.15, 0.2) is 24.7 Å². The molecule has 0 unspecified atom stereocenters. The monoisotopic (exact) mass is 188 g/mol. The molecule has 2 N–H and O–H groups in total. The molecular weight excluding hydrogens is 178 g/mol. The van der Waals surface area contributed by atoms with Crippen molar-refractivity contribution in [2.24, 2.45) is 0 Å². The number of nitrogens with two attached hydrogens (primary N) is 1. The Labute approximate surface area is 81.6 Å². The molecule has 5 heteroatoms. The van der Waals surface area contributed by atoms with Crippen LogP contribution in [-0.4, -0.2) is 19.7 Å². The first kappa shape index (κ1) is 8.68. The van der Waals surface area contributed by atoms with Crippen molar-refractivity contribution in [3.63, 3.8) is 0 Å². The topological polar surface area (TPSA) is 69.6 Å². The maximum atomic E-state index is 5.54. The first-order chi connectivity index (χ1) is 6.81. The quantitative estimate of drug-likeness (QED) is 0.757. The highest BCUT2D eigenvalue weighted by Crippen LogP contribution is 2.08. The van der Waals surface area contributed by atoms with Crippen LogP contribution in [0.1, 0.15) is 12.7 Å². The van der Waals surface area contributed by atoms with Crippen LogP contribution in [0.4, 0.5) is 5.69 Å². The van der Waals surface area contributed by atoms with Gasteiger partial charge in [-0.05, 0) is 12.1 Å². The van der Waals surface area contributed by atoms with Gasteiger partial charge in [-0.3, -0.25) is 0 Å². The lowest BCUT2D eigenvalue weighted by Crippen LogP contribution is -2.03. The van der Waals surface area contributed by atoms with Gasteiger partial charge >= 0.3 is 0 Å². The van der Waals surface area contributed by atoms with Crippen molar-refractivity contribution in [3.8, 4) is 5.82 Å². The molecule has 2 aromatic heterocycles. The Balaban J connectivity index is 2.44. The first-order valence-electron chi connectivity index (χ1n) is 4.22. The second kappa shape index (κ2) is 3.45. The molecule has 1 radical (unpaired) electrons. The average molecular weight is 188 g/mol. The zero-order chi connectivity index (χ0) is 9.97. The van der Waals surface area contributed by atoms with Gasteiger partial charge in [-0.2, -0.15) is 9.78 Å². The predicted octanol–water partition coefficient (Wildman–Crippen LogP) is 0.817. The molecule has 2 rings (SSSR count). The van der Waals surface area contributed by atoms with Crippen LogP contribution in [0.3, 0.4) is 0 Å². The smallest absolute Gasteiger partial charge is 0.155 e. The Bertz CT molecular complexity index is 417. The van der Waals surface area contributed by atoms with Crippen molar-refractivity contribution in [1.82, 2.24) is 19.7 Å². The van der Waals surface area contributed by atoms with E-state index >= 15 is 0 Å². The average Bonchev–Trinajstić information content (AvgIpc) is 2.67. The summed E-state index contributed by atoms with van der Waals surface area (Å²) in [7, 11) is 0. The van der Waals surface area contributed by atoms with Gasteiger partial charge in [0, 0.05) is 6.42 Å².